The van der Waals surface area contributed by atoms with Crippen LogP contribution in [-0.2, 0) is 18.1 Å². The number of fused-ring (bicyclic) bond motifs is 3. The average Bonchev–Trinajstić information content (AvgIpc) is 3.33. The summed E-state index contributed by atoms with van der Waals surface area (Å²) in [5.74, 6) is -1.59. The van der Waals surface area contributed by atoms with E-state index in [-0.39, 0.29) is 5.54 Å². The third-order valence-corrected chi connectivity index (χ3v) is 9.58. The number of halogens is 4. The van der Waals surface area contributed by atoms with Gasteiger partial charge in [0.2, 0.25) is 0 Å². The lowest BCUT2D eigenvalue weighted by Gasteiger charge is -2.56. The molecule has 1 spiro atoms. The topological polar surface area (TPSA) is 23.6 Å². The molecule has 1 amide bonds. The SMILES string of the molecule is CN(C)C1(c2ccccc2)CCC2(CC1)C1=C(CCN2C(=O)c2cc(C(F)(F)F)ccc2F)c2ccccc2C1. The number of rotatable bonds is 3. The zero-order chi connectivity index (χ0) is 28.3. The molecule has 1 fully saturated rings. The molecule has 0 atom stereocenters. The molecule has 0 bridgehead atoms. The van der Waals surface area contributed by atoms with Gasteiger partial charge in [0.25, 0.3) is 5.91 Å². The van der Waals surface area contributed by atoms with E-state index in [1.165, 1.54) is 27.8 Å². The molecule has 0 aromatic heterocycles. The van der Waals surface area contributed by atoms with Gasteiger partial charge in [-0.1, -0.05) is 54.6 Å². The fourth-order valence-corrected chi connectivity index (χ4v) is 7.46. The molecule has 0 unspecified atom stereocenters. The Morgan fingerprint density at radius 1 is 0.900 bits per heavy atom. The van der Waals surface area contributed by atoms with Crippen LogP contribution in [-0.4, -0.2) is 41.9 Å². The van der Waals surface area contributed by atoms with Crippen molar-refractivity contribution in [2.45, 2.75) is 55.8 Å². The Kier molecular flexibility index (Phi) is 6.41. The smallest absolute Gasteiger partial charge is 0.329 e. The standard InChI is InChI=1S/C33H32F4N2O/c1-38(2)31(23-9-4-3-5-10-23)15-17-32(18-16-31)28-20-22-8-6-7-11-25(22)26(28)14-19-39(32)30(40)27-21-24(33(35,36)37)12-13-29(27)34/h3-13,21H,14-20H2,1-2H3. The fraction of sp³-hybridized carbons (Fsp3) is 0.364. The molecule has 6 rings (SSSR count). The second kappa shape index (κ2) is 9.58. The lowest BCUT2D eigenvalue weighted by Crippen LogP contribution is -2.60. The predicted molar refractivity (Wildman–Crippen MR) is 147 cm³/mol. The number of amides is 1. The van der Waals surface area contributed by atoms with Gasteiger partial charge in [0, 0.05) is 12.1 Å². The number of benzene rings is 3. The summed E-state index contributed by atoms with van der Waals surface area (Å²) < 4.78 is 55.7. The second-order valence-corrected chi connectivity index (χ2v) is 11.5. The van der Waals surface area contributed by atoms with Crippen LogP contribution in [0.4, 0.5) is 17.6 Å². The van der Waals surface area contributed by atoms with Gasteiger partial charge in [0.15, 0.2) is 0 Å². The van der Waals surface area contributed by atoms with Gasteiger partial charge in [-0.05, 0) is 98.7 Å². The van der Waals surface area contributed by atoms with Gasteiger partial charge in [0.1, 0.15) is 5.82 Å². The molecule has 0 N–H and O–H groups in total. The van der Waals surface area contributed by atoms with Crippen LogP contribution in [0.3, 0.4) is 0 Å². The molecule has 7 heteroatoms. The van der Waals surface area contributed by atoms with E-state index in [1.54, 1.807) is 4.90 Å². The van der Waals surface area contributed by atoms with Crippen LogP contribution in [0.5, 0.6) is 0 Å². The number of hydrogen-bond acceptors (Lipinski definition) is 2. The lowest BCUT2D eigenvalue weighted by atomic mass is 9.63. The van der Waals surface area contributed by atoms with Gasteiger partial charge in [-0.15, -0.1) is 0 Å². The number of hydrogen-bond donors (Lipinski definition) is 0. The molecule has 1 heterocycles. The first-order chi connectivity index (χ1) is 19.1. The summed E-state index contributed by atoms with van der Waals surface area (Å²) in [7, 11) is 4.14. The van der Waals surface area contributed by atoms with Crippen LogP contribution in [0.2, 0.25) is 0 Å². The molecule has 208 valence electrons. The average molecular weight is 549 g/mol. The molecular formula is C33H32F4N2O. The van der Waals surface area contributed by atoms with Gasteiger partial charge >= 0.3 is 6.18 Å². The zero-order valence-electron chi connectivity index (χ0n) is 22.7. The van der Waals surface area contributed by atoms with Gasteiger partial charge in [-0.3, -0.25) is 9.69 Å². The van der Waals surface area contributed by atoms with Crippen molar-refractivity contribution in [2.75, 3.05) is 20.6 Å². The van der Waals surface area contributed by atoms with Crippen LogP contribution in [0, 0.1) is 5.82 Å². The van der Waals surface area contributed by atoms with E-state index in [1.807, 2.05) is 30.3 Å². The third kappa shape index (κ3) is 4.09. The van der Waals surface area contributed by atoms with Gasteiger partial charge < -0.3 is 4.90 Å². The summed E-state index contributed by atoms with van der Waals surface area (Å²) in [6, 6.07) is 20.7. The molecule has 40 heavy (non-hydrogen) atoms. The largest absolute Gasteiger partial charge is 0.416 e. The van der Waals surface area contributed by atoms with Gasteiger partial charge in [0.05, 0.1) is 16.7 Å². The molecule has 3 aromatic rings. The van der Waals surface area contributed by atoms with Crippen LogP contribution in [0.25, 0.3) is 5.57 Å². The normalized spacial score (nSPS) is 24.4. The van der Waals surface area contributed by atoms with Gasteiger partial charge in [-0.2, -0.15) is 13.2 Å². The van der Waals surface area contributed by atoms with Crippen molar-refractivity contribution < 1.29 is 22.4 Å². The Labute approximate surface area is 232 Å². The highest BCUT2D eigenvalue weighted by Crippen LogP contribution is 2.55. The first kappa shape index (κ1) is 26.8. The Hall–Kier alpha value is -3.45. The maximum Gasteiger partial charge on any atom is 0.416 e. The molecule has 3 nitrogen and oxygen atoms in total. The van der Waals surface area contributed by atoms with Crippen LogP contribution < -0.4 is 0 Å². The Bertz CT molecular complexity index is 1480. The molecule has 2 aliphatic carbocycles. The van der Waals surface area contributed by atoms with E-state index in [2.05, 4.69) is 43.3 Å². The summed E-state index contributed by atoms with van der Waals surface area (Å²) in [5, 5.41) is 0. The summed E-state index contributed by atoms with van der Waals surface area (Å²) >= 11 is 0. The molecule has 3 aromatic carbocycles. The first-order valence-electron chi connectivity index (χ1n) is 13.8. The maximum atomic E-state index is 15.0. The Balaban J connectivity index is 1.45. The van der Waals surface area contributed by atoms with Crippen molar-refractivity contribution in [1.82, 2.24) is 9.80 Å². The van der Waals surface area contributed by atoms with Crippen LogP contribution in [0.1, 0.15) is 64.7 Å². The van der Waals surface area contributed by atoms with Crippen molar-refractivity contribution in [3.8, 4) is 0 Å². The molecule has 0 radical (unpaired) electrons. The van der Waals surface area contributed by atoms with E-state index in [4.69, 9.17) is 0 Å². The third-order valence-electron chi connectivity index (χ3n) is 9.58. The van der Waals surface area contributed by atoms with Crippen molar-refractivity contribution in [2.24, 2.45) is 0 Å². The molecule has 1 saturated carbocycles. The first-order valence-corrected chi connectivity index (χ1v) is 13.8. The van der Waals surface area contributed by atoms with Crippen molar-refractivity contribution in [3.05, 3.63) is 112 Å². The maximum absolute atomic E-state index is 15.0. The minimum Gasteiger partial charge on any atom is -0.329 e. The van der Waals surface area contributed by atoms with E-state index in [9.17, 15) is 18.0 Å². The van der Waals surface area contributed by atoms with Crippen molar-refractivity contribution >= 4 is 11.5 Å². The number of alkyl halides is 3. The molecule has 3 aliphatic rings. The van der Waals surface area contributed by atoms with Crippen molar-refractivity contribution in [3.63, 3.8) is 0 Å². The highest BCUT2D eigenvalue weighted by Gasteiger charge is 2.54. The summed E-state index contributed by atoms with van der Waals surface area (Å²) in [5.41, 5.74) is 3.54. The van der Waals surface area contributed by atoms with Gasteiger partial charge in [-0.25, -0.2) is 4.39 Å². The van der Waals surface area contributed by atoms with E-state index < -0.39 is 34.6 Å². The second-order valence-electron chi connectivity index (χ2n) is 11.5. The highest BCUT2D eigenvalue weighted by atomic mass is 19.4. The Morgan fingerprint density at radius 2 is 1.57 bits per heavy atom. The van der Waals surface area contributed by atoms with E-state index >= 15 is 4.39 Å². The minimum absolute atomic E-state index is 0.244. The molecule has 1 aliphatic heterocycles. The van der Waals surface area contributed by atoms with Crippen molar-refractivity contribution in [1.29, 1.82) is 0 Å². The minimum atomic E-state index is -4.67. The van der Waals surface area contributed by atoms with Crippen LogP contribution in [0.15, 0.2) is 78.4 Å². The van der Waals surface area contributed by atoms with Crippen LogP contribution >= 0.6 is 0 Å². The highest BCUT2D eigenvalue weighted by molar-refractivity contribution is 5.97. The summed E-state index contributed by atoms with van der Waals surface area (Å²) in [6.45, 7) is 0.335. The van der Waals surface area contributed by atoms with E-state index in [0.717, 1.165) is 18.9 Å². The zero-order valence-corrected chi connectivity index (χ0v) is 22.7. The van der Waals surface area contributed by atoms with E-state index in [0.29, 0.717) is 44.4 Å². The Morgan fingerprint density at radius 3 is 2.25 bits per heavy atom. The monoisotopic (exact) mass is 548 g/mol. The fourth-order valence-electron chi connectivity index (χ4n) is 7.46. The number of carbonyl (C=O) groups excluding carboxylic acids is 1. The predicted octanol–water partition coefficient (Wildman–Crippen LogP) is 7.47. The molecular weight excluding hydrogens is 516 g/mol. The number of carbonyl (C=O) groups is 1. The number of nitrogens with zero attached hydrogens (tertiary/aromatic N) is 2. The lowest BCUT2D eigenvalue weighted by molar-refractivity contribution is -0.137. The summed E-state index contributed by atoms with van der Waals surface area (Å²) in [4.78, 5) is 18.0. The quantitative estimate of drug-likeness (QED) is 0.317. The molecule has 0 saturated heterocycles. The summed E-state index contributed by atoms with van der Waals surface area (Å²) in [6.07, 6.45) is -0.591.